The van der Waals surface area contributed by atoms with E-state index in [9.17, 15) is 15.2 Å². The third-order valence-corrected chi connectivity index (χ3v) is 3.20. The van der Waals surface area contributed by atoms with Crippen molar-refractivity contribution in [2.75, 3.05) is 11.9 Å². The Balaban J connectivity index is 2.13. The normalized spacial score (nSPS) is 12.0. The second kappa shape index (κ2) is 6.32. The van der Waals surface area contributed by atoms with Gasteiger partial charge < -0.3 is 10.4 Å². The summed E-state index contributed by atoms with van der Waals surface area (Å²) in [5.74, 6) is 0.173. The summed E-state index contributed by atoms with van der Waals surface area (Å²) in [6.45, 7) is 3.75. The Hall–Kier alpha value is -2.47. The Labute approximate surface area is 122 Å². The van der Waals surface area contributed by atoms with Crippen molar-refractivity contribution in [2.24, 2.45) is 0 Å². The van der Waals surface area contributed by atoms with Crippen LogP contribution in [-0.2, 0) is 0 Å². The Kier molecular flexibility index (Phi) is 4.49. The number of nitrogens with one attached hydrogen (secondary N) is 1. The van der Waals surface area contributed by atoms with Gasteiger partial charge in [0.15, 0.2) is 0 Å². The van der Waals surface area contributed by atoms with Crippen LogP contribution in [0, 0.1) is 24.0 Å². The first-order chi connectivity index (χ1) is 9.99. The van der Waals surface area contributed by atoms with Gasteiger partial charge in [-0.25, -0.2) is 4.98 Å². The standard InChI is InChI=1S/C15H17N3O3/c1-10-4-3-5-12(8-10)13(19)9-17-15-14(18(20)21)11(2)6-7-16-15/h3-8,13,19H,9H2,1-2H3,(H,16,17). The molecule has 1 heterocycles. The van der Waals surface area contributed by atoms with Crippen molar-refractivity contribution >= 4 is 11.5 Å². The van der Waals surface area contributed by atoms with Crippen molar-refractivity contribution in [2.45, 2.75) is 20.0 Å². The van der Waals surface area contributed by atoms with Crippen molar-refractivity contribution in [1.82, 2.24) is 4.98 Å². The van der Waals surface area contributed by atoms with E-state index < -0.39 is 11.0 Å². The van der Waals surface area contributed by atoms with E-state index >= 15 is 0 Å². The Bertz CT molecular complexity index is 658. The molecule has 1 aromatic carbocycles. The first-order valence-corrected chi connectivity index (χ1v) is 6.57. The largest absolute Gasteiger partial charge is 0.387 e. The monoisotopic (exact) mass is 287 g/mol. The molecule has 0 radical (unpaired) electrons. The number of rotatable bonds is 5. The van der Waals surface area contributed by atoms with E-state index in [-0.39, 0.29) is 18.1 Å². The highest BCUT2D eigenvalue weighted by atomic mass is 16.6. The first-order valence-electron chi connectivity index (χ1n) is 6.57. The minimum Gasteiger partial charge on any atom is -0.387 e. The molecule has 0 saturated heterocycles. The van der Waals surface area contributed by atoms with Crippen LogP contribution >= 0.6 is 0 Å². The average Bonchev–Trinajstić information content (AvgIpc) is 2.44. The molecule has 1 aromatic heterocycles. The number of hydrogen-bond acceptors (Lipinski definition) is 5. The quantitative estimate of drug-likeness (QED) is 0.652. The molecule has 6 nitrogen and oxygen atoms in total. The maximum atomic E-state index is 11.1. The molecular weight excluding hydrogens is 270 g/mol. The summed E-state index contributed by atoms with van der Waals surface area (Å²) in [5.41, 5.74) is 2.28. The Morgan fingerprint density at radius 2 is 2.14 bits per heavy atom. The van der Waals surface area contributed by atoms with Gasteiger partial charge in [-0.1, -0.05) is 29.8 Å². The predicted octanol–water partition coefficient (Wildman–Crippen LogP) is 2.75. The molecule has 0 aliphatic carbocycles. The van der Waals surface area contributed by atoms with E-state index in [1.54, 1.807) is 13.0 Å². The summed E-state index contributed by atoms with van der Waals surface area (Å²) in [7, 11) is 0. The first kappa shape index (κ1) is 14.9. The fourth-order valence-corrected chi connectivity index (χ4v) is 2.10. The molecular formula is C15H17N3O3. The van der Waals surface area contributed by atoms with Crippen LogP contribution in [0.3, 0.4) is 0 Å². The molecule has 2 rings (SSSR count). The van der Waals surface area contributed by atoms with Crippen molar-refractivity contribution < 1.29 is 10.0 Å². The van der Waals surface area contributed by atoms with Crippen molar-refractivity contribution in [3.8, 4) is 0 Å². The molecule has 0 bridgehead atoms. The Morgan fingerprint density at radius 3 is 2.81 bits per heavy atom. The highest BCUT2D eigenvalue weighted by molar-refractivity contribution is 5.59. The lowest BCUT2D eigenvalue weighted by Crippen LogP contribution is -2.14. The molecule has 2 aromatic rings. The minimum atomic E-state index is -0.758. The van der Waals surface area contributed by atoms with Gasteiger partial charge in [-0.3, -0.25) is 10.1 Å². The lowest BCUT2D eigenvalue weighted by molar-refractivity contribution is -0.384. The summed E-state index contributed by atoms with van der Waals surface area (Å²) in [5, 5.41) is 24.1. The zero-order valence-corrected chi connectivity index (χ0v) is 11.9. The molecule has 0 aliphatic heterocycles. The van der Waals surface area contributed by atoms with E-state index in [0.29, 0.717) is 5.56 Å². The number of aliphatic hydroxyl groups excluding tert-OH is 1. The van der Waals surface area contributed by atoms with Gasteiger partial charge in [-0.2, -0.15) is 0 Å². The number of nitrogens with zero attached hydrogens (tertiary/aromatic N) is 2. The van der Waals surface area contributed by atoms with Gasteiger partial charge in [-0.05, 0) is 25.5 Å². The molecule has 0 saturated carbocycles. The second-order valence-electron chi connectivity index (χ2n) is 4.89. The molecule has 1 atom stereocenters. The zero-order valence-electron chi connectivity index (χ0n) is 11.9. The lowest BCUT2D eigenvalue weighted by atomic mass is 10.1. The van der Waals surface area contributed by atoms with Crippen LogP contribution in [0.1, 0.15) is 22.8 Å². The van der Waals surface area contributed by atoms with Crippen LogP contribution in [-0.4, -0.2) is 21.6 Å². The smallest absolute Gasteiger partial charge is 0.314 e. The minimum absolute atomic E-state index is 0.0612. The lowest BCUT2D eigenvalue weighted by Gasteiger charge is -2.13. The predicted molar refractivity (Wildman–Crippen MR) is 80.3 cm³/mol. The number of pyridine rings is 1. The number of benzene rings is 1. The number of aromatic nitrogens is 1. The van der Waals surface area contributed by atoms with Gasteiger partial charge in [0.2, 0.25) is 5.82 Å². The number of anilines is 1. The Morgan fingerprint density at radius 1 is 1.38 bits per heavy atom. The molecule has 21 heavy (non-hydrogen) atoms. The van der Waals surface area contributed by atoms with E-state index in [4.69, 9.17) is 0 Å². The molecule has 0 amide bonds. The number of hydrogen-bond donors (Lipinski definition) is 2. The van der Waals surface area contributed by atoms with Gasteiger partial charge >= 0.3 is 5.69 Å². The molecule has 0 fully saturated rings. The van der Waals surface area contributed by atoms with Crippen LogP contribution < -0.4 is 5.32 Å². The van der Waals surface area contributed by atoms with Gasteiger partial charge in [0.1, 0.15) is 0 Å². The number of nitro groups is 1. The van der Waals surface area contributed by atoms with Crippen molar-refractivity contribution in [3.05, 3.63) is 63.3 Å². The number of aliphatic hydroxyl groups is 1. The van der Waals surface area contributed by atoms with Crippen LogP contribution in [0.5, 0.6) is 0 Å². The van der Waals surface area contributed by atoms with E-state index in [1.165, 1.54) is 6.20 Å². The maximum Gasteiger partial charge on any atom is 0.314 e. The fraction of sp³-hybridized carbons (Fsp3) is 0.267. The van der Waals surface area contributed by atoms with Gasteiger partial charge in [0.05, 0.1) is 11.0 Å². The van der Waals surface area contributed by atoms with Crippen molar-refractivity contribution in [3.63, 3.8) is 0 Å². The van der Waals surface area contributed by atoms with Crippen LogP contribution in [0.2, 0.25) is 0 Å². The molecule has 0 spiro atoms. The van der Waals surface area contributed by atoms with Gasteiger partial charge in [-0.15, -0.1) is 0 Å². The van der Waals surface area contributed by atoms with Gasteiger partial charge in [0, 0.05) is 18.3 Å². The van der Waals surface area contributed by atoms with Crippen molar-refractivity contribution in [1.29, 1.82) is 0 Å². The van der Waals surface area contributed by atoms with Gasteiger partial charge in [0.25, 0.3) is 0 Å². The average molecular weight is 287 g/mol. The number of aryl methyl sites for hydroxylation is 2. The summed E-state index contributed by atoms with van der Waals surface area (Å²) < 4.78 is 0. The van der Waals surface area contributed by atoms with Crippen LogP contribution in [0.25, 0.3) is 0 Å². The second-order valence-corrected chi connectivity index (χ2v) is 4.89. The van der Waals surface area contributed by atoms with Crippen LogP contribution in [0.4, 0.5) is 11.5 Å². The van der Waals surface area contributed by atoms with E-state index in [2.05, 4.69) is 10.3 Å². The zero-order chi connectivity index (χ0) is 15.4. The summed E-state index contributed by atoms with van der Waals surface area (Å²) in [6, 6.07) is 9.08. The van der Waals surface area contributed by atoms with Crippen LogP contribution in [0.15, 0.2) is 36.5 Å². The highest BCUT2D eigenvalue weighted by Crippen LogP contribution is 2.26. The third kappa shape index (κ3) is 3.55. The van der Waals surface area contributed by atoms with E-state index in [0.717, 1.165) is 11.1 Å². The molecule has 1 unspecified atom stereocenters. The highest BCUT2D eigenvalue weighted by Gasteiger charge is 2.19. The summed E-state index contributed by atoms with van der Waals surface area (Å²) in [6.07, 6.45) is 0.746. The van der Waals surface area contributed by atoms with E-state index in [1.807, 2.05) is 31.2 Å². The topological polar surface area (TPSA) is 88.3 Å². The molecule has 110 valence electrons. The fourth-order valence-electron chi connectivity index (χ4n) is 2.10. The third-order valence-electron chi connectivity index (χ3n) is 3.20. The molecule has 6 heteroatoms. The molecule has 2 N–H and O–H groups in total. The summed E-state index contributed by atoms with van der Waals surface area (Å²) in [4.78, 5) is 14.6. The molecule has 0 aliphatic rings. The summed E-state index contributed by atoms with van der Waals surface area (Å²) >= 11 is 0. The SMILES string of the molecule is Cc1cccc(C(O)CNc2nccc(C)c2[N+](=O)[O-])c1. The maximum absolute atomic E-state index is 11.1.